The summed E-state index contributed by atoms with van der Waals surface area (Å²) in [5, 5.41) is 9.31. The molecule has 1 unspecified atom stereocenters. The average molecular weight is 254 g/mol. The van der Waals surface area contributed by atoms with Crippen LogP contribution in [0.5, 0.6) is 0 Å². The molecule has 2 fully saturated rings. The molecule has 2 saturated heterocycles. The maximum Gasteiger partial charge on any atom is 0.414 e. The summed E-state index contributed by atoms with van der Waals surface area (Å²) in [6.45, 7) is 1.33. The maximum atomic E-state index is 12.5. The number of aliphatic hydroxyl groups is 1. The van der Waals surface area contributed by atoms with Gasteiger partial charge in [-0.05, 0) is 31.6 Å². The van der Waals surface area contributed by atoms with Crippen molar-refractivity contribution in [2.75, 3.05) is 19.8 Å². The fraction of sp³-hybridized carbons (Fsp3) is 1.00. The molecule has 6 heteroatoms. The van der Waals surface area contributed by atoms with E-state index in [1.54, 1.807) is 0 Å². The monoisotopic (exact) mass is 254 g/mol. The molecule has 0 aliphatic carbocycles. The molecule has 2 heterocycles. The van der Waals surface area contributed by atoms with Gasteiger partial charge < -0.3 is 14.6 Å². The molecular formula is C11H17F3O3. The second kappa shape index (κ2) is 4.74. The summed E-state index contributed by atoms with van der Waals surface area (Å²) in [5.41, 5.74) is -0.507. The normalized spacial score (nSPS) is 31.4. The lowest BCUT2D eigenvalue weighted by atomic mass is 9.78. The lowest BCUT2D eigenvalue weighted by molar-refractivity contribution is -0.240. The zero-order chi connectivity index (χ0) is 12.5. The topological polar surface area (TPSA) is 38.7 Å². The molecule has 17 heavy (non-hydrogen) atoms. The van der Waals surface area contributed by atoms with Crippen molar-refractivity contribution in [2.24, 2.45) is 5.92 Å². The van der Waals surface area contributed by atoms with Crippen LogP contribution in [0.4, 0.5) is 13.2 Å². The van der Waals surface area contributed by atoms with Gasteiger partial charge in [0, 0.05) is 19.8 Å². The average Bonchev–Trinajstić information content (AvgIpc) is 2.28. The standard InChI is InChI=1S/C11H17F3O3/c12-11(13,14)9(15)8-1-4-17-10(7-8)2-5-16-6-3-10/h8-9,15H,1-7H2/t8?,9-/m1/s1. The quantitative estimate of drug-likeness (QED) is 0.776. The SMILES string of the molecule is O[C@H](C1CCOC2(CCOCC2)C1)C(F)(F)F. The van der Waals surface area contributed by atoms with Gasteiger partial charge in [-0.3, -0.25) is 0 Å². The summed E-state index contributed by atoms with van der Waals surface area (Å²) >= 11 is 0. The van der Waals surface area contributed by atoms with Crippen LogP contribution < -0.4 is 0 Å². The minimum atomic E-state index is -4.53. The van der Waals surface area contributed by atoms with E-state index < -0.39 is 23.8 Å². The molecule has 1 N–H and O–H groups in total. The highest BCUT2D eigenvalue weighted by molar-refractivity contribution is 4.92. The molecule has 2 aliphatic heterocycles. The Labute approximate surface area is 97.9 Å². The van der Waals surface area contributed by atoms with Crippen molar-refractivity contribution in [1.29, 1.82) is 0 Å². The molecule has 0 aromatic rings. The Bertz CT molecular complexity index is 256. The highest BCUT2D eigenvalue weighted by Crippen LogP contribution is 2.41. The van der Waals surface area contributed by atoms with Gasteiger partial charge in [-0.25, -0.2) is 0 Å². The van der Waals surface area contributed by atoms with Crippen molar-refractivity contribution in [3.63, 3.8) is 0 Å². The largest absolute Gasteiger partial charge is 0.414 e. The Balaban J connectivity index is 2.01. The first-order chi connectivity index (χ1) is 7.93. The molecule has 2 aliphatic rings. The maximum absolute atomic E-state index is 12.5. The van der Waals surface area contributed by atoms with Crippen LogP contribution in [0.15, 0.2) is 0 Å². The molecule has 0 amide bonds. The Kier molecular flexibility index (Phi) is 3.66. The highest BCUT2D eigenvalue weighted by atomic mass is 19.4. The Morgan fingerprint density at radius 2 is 1.82 bits per heavy atom. The Hall–Kier alpha value is -0.330. The summed E-state index contributed by atoms with van der Waals surface area (Å²) in [6.07, 6.45) is -4.98. The van der Waals surface area contributed by atoms with Crippen LogP contribution in [-0.2, 0) is 9.47 Å². The fourth-order valence-electron chi connectivity index (χ4n) is 2.69. The number of hydrogen-bond acceptors (Lipinski definition) is 3. The van der Waals surface area contributed by atoms with Gasteiger partial charge in [-0.15, -0.1) is 0 Å². The first-order valence-corrected chi connectivity index (χ1v) is 5.89. The lowest BCUT2D eigenvalue weighted by Crippen LogP contribution is -2.49. The zero-order valence-corrected chi connectivity index (χ0v) is 9.50. The van der Waals surface area contributed by atoms with Gasteiger partial charge in [0.25, 0.3) is 0 Å². The van der Waals surface area contributed by atoms with Crippen LogP contribution in [0.3, 0.4) is 0 Å². The van der Waals surface area contributed by atoms with Gasteiger partial charge in [0.2, 0.25) is 0 Å². The third-order valence-electron chi connectivity index (χ3n) is 3.72. The number of aliphatic hydroxyl groups excluding tert-OH is 1. The van der Waals surface area contributed by atoms with Crippen LogP contribution in [-0.4, -0.2) is 42.8 Å². The van der Waals surface area contributed by atoms with E-state index in [9.17, 15) is 18.3 Å². The van der Waals surface area contributed by atoms with E-state index in [1.807, 2.05) is 0 Å². The van der Waals surface area contributed by atoms with Gasteiger partial charge >= 0.3 is 6.18 Å². The molecule has 0 aromatic carbocycles. The molecule has 2 atom stereocenters. The third kappa shape index (κ3) is 2.92. The number of ether oxygens (including phenoxy) is 2. The first kappa shape index (κ1) is 13.1. The van der Waals surface area contributed by atoms with Crippen molar-refractivity contribution in [2.45, 2.75) is 43.6 Å². The van der Waals surface area contributed by atoms with E-state index in [-0.39, 0.29) is 19.4 Å². The summed E-state index contributed by atoms with van der Waals surface area (Å²) in [5.74, 6) is -0.748. The summed E-state index contributed by atoms with van der Waals surface area (Å²) in [6, 6.07) is 0. The van der Waals surface area contributed by atoms with Gasteiger partial charge in [0.1, 0.15) is 0 Å². The van der Waals surface area contributed by atoms with Crippen molar-refractivity contribution < 1.29 is 27.8 Å². The number of rotatable bonds is 1. The van der Waals surface area contributed by atoms with E-state index in [0.29, 0.717) is 26.1 Å². The predicted molar refractivity (Wildman–Crippen MR) is 53.5 cm³/mol. The third-order valence-corrected chi connectivity index (χ3v) is 3.72. The van der Waals surface area contributed by atoms with Gasteiger partial charge in [-0.1, -0.05) is 0 Å². The van der Waals surface area contributed by atoms with Gasteiger partial charge in [0.05, 0.1) is 5.60 Å². The molecule has 1 spiro atoms. The van der Waals surface area contributed by atoms with E-state index in [2.05, 4.69) is 0 Å². The van der Waals surface area contributed by atoms with E-state index in [1.165, 1.54) is 0 Å². The Morgan fingerprint density at radius 3 is 2.41 bits per heavy atom. The number of hydrogen-bond donors (Lipinski definition) is 1. The second-order valence-electron chi connectivity index (χ2n) is 4.88. The van der Waals surface area contributed by atoms with Crippen molar-refractivity contribution in [3.05, 3.63) is 0 Å². The minimum Gasteiger partial charge on any atom is -0.383 e. The summed E-state index contributed by atoms with van der Waals surface area (Å²) in [7, 11) is 0. The van der Waals surface area contributed by atoms with Crippen LogP contribution in [0, 0.1) is 5.92 Å². The molecule has 3 nitrogen and oxygen atoms in total. The Morgan fingerprint density at radius 1 is 1.18 bits per heavy atom. The van der Waals surface area contributed by atoms with Crippen LogP contribution in [0.1, 0.15) is 25.7 Å². The van der Waals surface area contributed by atoms with Crippen LogP contribution in [0.25, 0.3) is 0 Å². The first-order valence-electron chi connectivity index (χ1n) is 5.89. The van der Waals surface area contributed by atoms with E-state index >= 15 is 0 Å². The highest BCUT2D eigenvalue weighted by Gasteiger charge is 2.48. The molecule has 0 bridgehead atoms. The predicted octanol–water partition coefficient (Wildman–Crippen LogP) is 1.89. The van der Waals surface area contributed by atoms with Gasteiger partial charge in [-0.2, -0.15) is 13.2 Å². The van der Waals surface area contributed by atoms with Crippen molar-refractivity contribution >= 4 is 0 Å². The summed E-state index contributed by atoms with van der Waals surface area (Å²) in [4.78, 5) is 0. The fourth-order valence-corrected chi connectivity index (χ4v) is 2.69. The number of alkyl halides is 3. The van der Waals surface area contributed by atoms with Crippen molar-refractivity contribution in [3.8, 4) is 0 Å². The molecule has 2 rings (SSSR count). The number of halogens is 3. The molecule has 0 saturated carbocycles. The van der Waals surface area contributed by atoms with Crippen molar-refractivity contribution in [1.82, 2.24) is 0 Å². The lowest BCUT2D eigenvalue weighted by Gasteiger charge is -2.44. The van der Waals surface area contributed by atoms with Crippen LogP contribution in [0.2, 0.25) is 0 Å². The van der Waals surface area contributed by atoms with Gasteiger partial charge in [0.15, 0.2) is 6.10 Å². The smallest absolute Gasteiger partial charge is 0.383 e. The molecular weight excluding hydrogens is 237 g/mol. The van der Waals surface area contributed by atoms with Crippen LogP contribution >= 0.6 is 0 Å². The van der Waals surface area contributed by atoms with E-state index in [0.717, 1.165) is 0 Å². The second-order valence-corrected chi connectivity index (χ2v) is 4.88. The summed E-state index contributed by atoms with van der Waals surface area (Å²) < 4.78 is 48.3. The molecule has 0 aromatic heterocycles. The minimum absolute atomic E-state index is 0.267. The zero-order valence-electron chi connectivity index (χ0n) is 9.50. The van der Waals surface area contributed by atoms with E-state index in [4.69, 9.17) is 9.47 Å². The molecule has 0 radical (unpaired) electrons. The molecule has 100 valence electrons.